The van der Waals surface area contributed by atoms with Crippen molar-refractivity contribution >= 4 is 18.0 Å². The zero-order chi connectivity index (χ0) is 25.6. The van der Waals surface area contributed by atoms with Crippen molar-refractivity contribution < 1.29 is 42.5 Å². The topological polar surface area (TPSA) is 125 Å². The molecule has 0 radical (unpaired) electrons. The number of nitrogens with one attached hydrogen (secondary N) is 2. The summed E-state index contributed by atoms with van der Waals surface area (Å²) in [5, 5.41) is 22.5. The molecule has 0 aromatic heterocycles. The fourth-order valence-electron chi connectivity index (χ4n) is 3.98. The van der Waals surface area contributed by atoms with Crippen LogP contribution in [0.2, 0.25) is 0 Å². The Bertz CT molecular complexity index is 1030. The van der Waals surface area contributed by atoms with Gasteiger partial charge in [0.2, 0.25) is 5.91 Å². The second kappa shape index (κ2) is 11.2. The third-order valence-electron chi connectivity index (χ3n) is 5.62. The van der Waals surface area contributed by atoms with Gasteiger partial charge in [0.05, 0.1) is 12.5 Å². The molecule has 1 aliphatic carbocycles. The Morgan fingerprint density at radius 3 is 2.11 bits per heavy atom. The van der Waals surface area contributed by atoms with Gasteiger partial charge in [-0.1, -0.05) is 48.5 Å². The largest absolute Gasteiger partial charge is 0.481 e. The van der Waals surface area contributed by atoms with Gasteiger partial charge in [0.25, 0.3) is 0 Å². The number of carbonyl (C=O) groups is 3. The van der Waals surface area contributed by atoms with Crippen molar-refractivity contribution in [3.63, 3.8) is 0 Å². The van der Waals surface area contributed by atoms with Crippen molar-refractivity contribution in [2.45, 2.75) is 43.5 Å². The van der Waals surface area contributed by atoms with Crippen molar-refractivity contribution in [1.29, 1.82) is 0 Å². The Morgan fingerprint density at radius 1 is 1.00 bits per heavy atom. The van der Waals surface area contributed by atoms with Gasteiger partial charge in [0.1, 0.15) is 12.6 Å². The molecule has 8 nitrogen and oxygen atoms in total. The maximum Gasteiger partial charge on any atom is 0.408 e. The molecule has 35 heavy (non-hydrogen) atoms. The molecule has 0 aliphatic heterocycles. The lowest BCUT2D eigenvalue weighted by Gasteiger charge is -2.22. The molecule has 0 bridgehead atoms. The molecule has 1 aliphatic rings. The highest BCUT2D eigenvalue weighted by molar-refractivity contribution is 5.79. The van der Waals surface area contributed by atoms with E-state index in [0.717, 1.165) is 22.3 Å². The van der Waals surface area contributed by atoms with Crippen LogP contribution in [0.1, 0.15) is 36.3 Å². The zero-order valence-corrected chi connectivity index (χ0v) is 18.5. The van der Waals surface area contributed by atoms with Crippen molar-refractivity contribution in [2.75, 3.05) is 13.2 Å². The quantitative estimate of drug-likeness (QED) is 0.402. The summed E-state index contributed by atoms with van der Waals surface area (Å²) in [7, 11) is 0. The minimum Gasteiger partial charge on any atom is -0.481 e. The van der Waals surface area contributed by atoms with Crippen molar-refractivity contribution in [3.05, 3.63) is 59.7 Å². The second-order valence-corrected chi connectivity index (χ2v) is 8.16. The number of aliphatic hydroxyl groups is 1. The lowest BCUT2D eigenvalue weighted by molar-refractivity contribution is -0.165. The van der Waals surface area contributed by atoms with Crippen LogP contribution in [0.3, 0.4) is 0 Å². The number of rotatable bonds is 10. The molecule has 4 N–H and O–H groups in total. The van der Waals surface area contributed by atoms with Crippen molar-refractivity contribution in [2.24, 2.45) is 0 Å². The number of halogens is 3. The van der Waals surface area contributed by atoms with Crippen LogP contribution in [0.15, 0.2) is 48.5 Å². The van der Waals surface area contributed by atoms with Gasteiger partial charge in [-0.05, 0) is 28.7 Å². The number of amides is 2. The second-order valence-electron chi connectivity index (χ2n) is 8.16. The van der Waals surface area contributed by atoms with E-state index in [0.29, 0.717) is 0 Å². The van der Waals surface area contributed by atoms with E-state index in [1.165, 1.54) is 0 Å². The maximum atomic E-state index is 13.0. The van der Waals surface area contributed by atoms with Crippen LogP contribution < -0.4 is 10.6 Å². The fraction of sp³-hybridized carbons (Fsp3) is 0.375. The van der Waals surface area contributed by atoms with Crippen molar-refractivity contribution in [3.8, 4) is 11.1 Å². The van der Waals surface area contributed by atoms with Crippen LogP contribution in [0.25, 0.3) is 11.1 Å². The van der Waals surface area contributed by atoms with Crippen LogP contribution in [-0.4, -0.2) is 59.7 Å². The molecule has 0 spiro atoms. The summed E-state index contributed by atoms with van der Waals surface area (Å²) in [6.45, 7) is -0.386. The van der Waals surface area contributed by atoms with Gasteiger partial charge >= 0.3 is 18.2 Å². The van der Waals surface area contributed by atoms with Gasteiger partial charge in [-0.2, -0.15) is 13.2 Å². The molecule has 0 heterocycles. The van der Waals surface area contributed by atoms with E-state index in [2.05, 4.69) is 5.32 Å². The van der Waals surface area contributed by atoms with E-state index < -0.39 is 62.1 Å². The van der Waals surface area contributed by atoms with E-state index in [9.17, 15) is 32.7 Å². The normalized spacial score (nSPS) is 14.4. The lowest BCUT2D eigenvalue weighted by Crippen LogP contribution is -2.47. The number of carboxylic acid groups (broad SMARTS) is 1. The summed E-state index contributed by atoms with van der Waals surface area (Å²) < 4.78 is 44.2. The Labute approximate surface area is 199 Å². The molecule has 3 rings (SSSR count). The summed E-state index contributed by atoms with van der Waals surface area (Å²) in [6.07, 6.45) is -9.49. The van der Waals surface area contributed by atoms with E-state index in [4.69, 9.17) is 9.84 Å². The van der Waals surface area contributed by atoms with Crippen LogP contribution in [0, 0.1) is 0 Å². The SMILES string of the molecule is O=C(O)CC[C@H](NC(=O)CC(O)CNC(=O)OCC1c2ccccc2-c2ccccc21)C(F)(F)F. The van der Waals surface area contributed by atoms with Crippen LogP contribution in [-0.2, 0) is 14.3 Å². The average molecular weight is 494 g/mol. The minimum absolute atomic E-state index is 0.0350. The number of aliphatic carboxylic acids is 1. The number of hydrogen-bond donors (Lipinski definition) is 4. The third kappa shape index (κ3) is 6.95. The summed E-state index contributed by atoms with van der Waals surface area (Å²) in [5.41, 5.74) is 4.14. The van der Waals surface area contributed by atoms with E-state index in [-0.39, 0.29) is 12.5 Å². The average Bonchev–Trinajstić information content (AvgIpc) is 3.12. The Balaban J connectivity index is 1.46. The Hall–Kier alpha value is -3.60. The number of alkyl halides is 3. The highest BCUT2D eigenvalue weighted by atomic mass is 19.4. The molecule has 2 atom stereocenters. The Kier molecular flexibility index (Phi) is 8.34. The van der Waals surface area contributed by atoms with Gasteiger partial charge in [-0.3, -0.25) is 9.59 Å². The standard InChI is InChI=1S/C24H25F3N2O6/c25-24(26,27)20(9-10-22(32)33)29-21(31)11-14(30)12-28-23(34)35-13-19-17-7-3-1-5-15(17)16-6-2-4-8-18(16)19/h1-8,14,19-20,30H,9-13H2,(H,28,34)(H,29,31)(H,32,33)/t14?,20-/m0/s1. The minimum atomic E-state index is -4.84. The zero-order valence-electron chi connectivity index (χ0n) is 18.5. The number of carboxylic acids is 1. The monoisotopic (exact) mass is 494 g/mol. The number of carbonyl (C=O) groups excluding carboxylic acids is 2. The number of fused-ring (bicyclic) bond motifs is 3. The summed E-state index contributed by atoms with van der Waals surface area (Å²) >= 11 is 0. The van der Waals surface area contributed by atoms with Crippen LogP contribution >= 0.6 is 0 Å². The smallest absolute Gasteiger partial charge is 0.408 e. The first-order chi connectivity index (χ1) is 16.6. The third-order valence-corrected chi connectivity index (χ3v) is 5.62. The van der Waals surface area contributed by atoms with Crippen molar-refractivity contribution in [1.82, 2.24) is 10.6 Å². The van der Waals surface area contributed by atoms with Crippen LogP contribution in [0.5, 0.6) is 0 Å². The first-order valence-corrected chi connectivity index (χ1v) is 10.9. The number of hydrogen-bond acceptors (Lipinski definition) is 5. The highest BCUT2D eigenvalue weighted by Crippen LogP contribution is 2.44. The molecule has 11 heteroatoms. The van der Waals surface area contributed by atoms with Gasteiger partial charge < -0.3 is 25.6 Å². The molecule has 2 aromatic rings. The lowest BCUT2D eigenvalue weighted by atomic mass is 9.98. The maximum absolute atomic E-state index is 13.0. The number of benzene rings is 2. The molecule has 0 saturated heterocycles. The summed E-state index contributed by atoms with van der Waals surface area (Å²) in [4.78, 5) is 34.5. The van der Waals surface area contributed by atoms with E-state index in [1.54, 1.807) is 5.32 Å². The number of ether oxygens (including phenoxy) is 1. The molecule has 0 saturated carbocycles. The molecule has 188 valence electrons. The predicted octanol–water partition coefficient (Wildman–Crippen LogP) is 3.19. The predicted molar refractivity (Wildman–Crippen MR) is 119 cm³/mol. The molecule has 2 amide bonds. The number of aliphatic hydroxyl groups excluding tert-OH is 1. The van der Waals surface area contributed by atoms with E-state index in [1.807, 2.05) is 48.5 Å². The number of alkyl carbamates (subject to hydrolysis) is 1. The highest BCUT2D eigenvalue weighted by Gasteiger charge is 2.40. The summed E-state index contributed by atoms with van der Waals surface area (Å²) in [6, 6.07) is 13.2. The molecule has 1 unspecified atom stereocenters. The summed E-state index contributed by atoms with van der Waals surface area (Å²) in [5.74, 6) is -2.73. The van der Waals surface area contributed by atoms with Gasteiger partial charge in [0, 0.05) is 18.9 Å². The molecule has 2 aromatic carbocycles. The van der Waals surface area contributed by atoms with E-state index >= 15 is 0 Å². The Morgan fingerprint density at radius 2 is 1.57 bits per heavy atom. The van der Waals surface area contributed by atoms with Gasteiger partial charge in [0.15, 0.2) is 0 Å². The molecular weight excluding hydrogens is 469 g/mol. The van der Waals surface area contributed by atoms with Gasteiger partial charge in [-0.15, -0.1) is 0 Å². The molecule has 0 fully saturated rings. The first kappa shape index (κ1) is 26.0. The van der Waals surface area contributed by atoms with Gasteiger partial charge in [-0.25, -0.2) is 4.79 Å². The molecular formula is C24H25F3N2O6. The van der Waals surface area contributed by atoms with Crippen LogP contribution in [0.4, 0.5) is 18.0 Å². The fourth-order valence-corrected chi connectivity index (χ4v) is 3.98. The first-order valence-electron chi connectivity index (χ1n) is 10.9.